The van der Waals surface area contributed by atoms with Gasteiger partial charge in [0, 0.05) is 13.6 Å². The molecular formula is C12H16N4O3S. The minimum atomic E-state index is -1.11. The Balaban J connectivity index is 2.22. The van der Waals surface area contributed by atoms with E-state index in [4.69, 9.17) is 0 Å². The van der Waals surface area contributed by atoms with Crippen LogP contribution >= 0.6 is 11.3 Å². The van der Waals surface area contributed by atoms with Crippen LogP contribution < -0.4 is 5.32 Å². The molecule has 0 radical (unpaired) electrons. The standard InChI is InChI=1S/C12H16N4O3S/c1-8-10(16(18)19)11(15(3)14-8)13-7-12(2,17)9-4-5-20-6-9/h4-6,13,17H,7H2,1-3H3/t12-/m0/s1. The number of anilines is 1. The highest BCUT2D eigenvalue weighted by Gasteiger charge is 2.28. The zero-order valence-electron chi connectivity index (χ0n) is 11.5. The SMILES string of the molecule is Cc1nn(C)c(NC[C@](C)(O)c2ccsc2)c1[N+](=O)[O-]. The second-order valence-electron chi connectivity index (χ2n) is 4.80. The summed E-state index contributed by atoms with van der Waals surface area (Å²) in [6.07, 6.45) is 0. The van der Waals surface area contributed by atoms with E-state index in [2.05, 4.69) is 10.4 Å². The van der Waals surface area contributed by atoms with Crippen molar-refractivity contribution in [1.29, 1.82) is 0 Å². The smallest absolute Gasteiger partial charge is 0.333 e. The molecule has 0 aliphatic rings. The summed E-state index contributed by atoms with van der Waals surface area (Å²) in [5.74, 6) is 0.294. The third kappa shape index (κ3) is 2.66. The highest BCUT2D eigenvalue weighted by molar-refractivity contribution is 7.08. The van der Waals surface area contributed by atoms with Gasteiger partial charge in [-0.25, -0.2) is 4.68 Å². The van der Waals surface area contributed by atoms with Crippen molar-refractivity contribution in [2.24, 2.45) is 7.05 Å². The maximum Gasteiger partial charge on any atom is 0.333 e. The van der Waals surface area contributed by atoms with E-state index in [-0.39, 0.29) is 12.2 Å². The van der Waals surface area contributed by atoms with Crippen LogP contribution in [0.3, 0.4) is 0 Å². The second-order valence-corrected chi connectivity index (χ2v) is 5.58. The summed E-state index contributed by atoms with van der Waals surface area (Å²) in [6.45, 7) is 3.40. The number of aryl methyl sites for hydroxylation is 2. The highest BCUT2D eigenvalue weighted by Crippen LogP contribution is 2.29. The molecule has 2 rings (SSSR count). The third-order valence-electron chi connectivity index (χ3n) is 3.12. The highest BCUT2D eigenvalue weighted by atomic mass is 32.1. The topological polar surface area (TPSA) is 93.2 Å². The number of nitrogens with one attached hydrogen (secondary N) is 1. The number of thiophene rings is 1. The lowest BCUT2D eigenvalue weighted by atomic mass is 9.99. The molecular weight excluding hydrogens is 280 g/mol. The van der Waals surface area contributed by atoms with E-state index in [1.807, 2.05) is 16.8 Å². The molecule has 2 aromatic heterocycles. The van der Waals surface area contributed by atoms with Crippen molar-refractivity contribution in [3.05, 3.63) is 38.2 Å². The fourth-order valence-corrected chi connectivity index (χ4v) is 2.78. The van der Waals surface area contributed by atoms with E-state index in [1.54, 1.807) is 20.9 Å². The predicted octanol–water partition coefficient (Wildman–Crippen LogP) is 2.02. The van der Waals surface area contributed by atoms with Crippen LogP contribution in [0.1, 0.15) is 18.2 Å². The van der Waals surface area contributed by atoms with Crippen LogP contribution in [0, 0.1) is 17.0 Å². The van der Waals surface area contributed by atoms with Crippen LogP contribution in [0.25, 0.3) is 0 Å². The number of hydrogen-bond acceptors (Lipinski definition) is 6. The largest absolute Gasteiger partial charge is 0.384 e. The number of hydrogen-bond donors (Lipinski definition) is 2. The minimum Gasteiger partial charge on any atom is -0.384 e. The van der Waals surface area contributed by atoms with Crippen molar-refractivity contribution in [3.63, 3.8) is 0 Å². The number of aromatic nitrogens is 2. The maximum absolute atomic E-state index is 11.1. The summed E-state index contributed by atoms with van der Waals surface area (Å²) < 4.78 is 1.41. The number of aliphatic hydroxyl groups is 1. The van der Waals surface area contributed by atoms with E-state index >= 15 is 0 Å². The molecule has 0 saturated carbocycles. The Morgan fingerprint density at radius 2 is 2.35 bits per heavy atom. The zero-order chi connectivity index (χ0) is 14.9. The summed E-state index contributed by atoms with van der Waals surface area (Å²) in [5.41, 5.74) is -0.0492. The molecule has 0 amide bonds. The Labute approximate surface area is 120 Å². The van der Waals surface area contributed by atoms with E-state index in [0.29, 0.717) is 11.5 Å². The van der Waals surface area contributed by atoms with E-state index < -0.39 is 10.5 Å². The van der Waals surface area contributed by atoms with Gasteiger partial charge in [0.15, 0.2) is 0 Å². The van der Waals surface area contributed by atoms with E-state index in [9.17, 15) is 15.2 Å². The first-order valence-electron chi connectivity index (χ1n) is 6.00. The molecule has 0 aliphatic heterocycles. The first kappa shape index (κ1) is 14.5. The van der Waals surface area contributed by atoms with Crippen molar-refractivity contribution in [2.75, 3.05) is 11.9 Å². The average Bonchev–Trinajstić information content (AvgIpc) is 2.94. The normalized spacial score (nSPS) is 14.0. The molecule has 2 N–H and O–H groups in total. The molecule has 0 bridgehead atoms. The monoisotopic (exact) mass is 296 g/mol. The summed E-state index contributed by atoms with van der Waals surface area (Å²) in [7, 11) is 1.63. The fraction of sp³-hybridized carbons (Fsp3) is 0.417. The van der Waals surface area contributed by atoms with Crippen molar-refractivity contribution in [2.45, 2.75) is 19.4 Å². The van der Waals surface area contributed by atoms with Gasteiger partial charge in [-0.1, -0.05) is 0 Å². The molecule has 0 saturated heterocycles. The molecule has 0 unspecified atom stereocenters. The first-order valence-corrected chi connectivity index (χ1v) is 6.94. The molecule has 108 valence electrons. The molecule has 20 heavy (non-hydrogen) atoms. The Morgan fingerprint density at radius 1 is 1.65 bits per heavy atom. The number of nitro groups is 1. The zero-order valence-corrected chi connectivity index (χ0v) is 12.3. The van der Waals surface area contributed by atoms with Crippen LogP contribution in [0.15, 0.2) is 16.8 Å². The Morgan fingerprint density at radius 3 is 2.90 bits per heavy atom. The molecule has 0 aliphatic carbocycles. The molecule has 0 aromatic carbocycles. The van der Waals surface area contributed by atoms with Gasteiger partial charge in [0.2, 0.25) is 5.82 Å². The Bertz CT molecular complexity index is 619. The van der Waals surface area contributed by atoms with Gasteiger partial charge in [-0.3, -0.25) is 10.1 Å². The number of nitrogens with zero attached hydrogens (tertiary/aromatic N) is 3. The lowest BCUT2D eigenvalue weighted by Crippen LogP contribution is -2.31. The van der Waals surface area contributed by atoms with Gasteiger partial charge in [-0.15, -0.1) is 0 Å². The number of rotatable bonds is 5. The predicted molar refractivity (Wildman–Crippen MR) is 77.0 cm³/mol. The van der Waals surface area contributed by atoms with Crippen LogP contribution in [-0.2, 0) is 12.6 Å². The van der Waals surface area contributed by atoms with Gasteiger partial charge < -0.3 is 10.4 Å². The quantitative estimate of drug-likeness (QED) is 0.650. The van der Waals surface area contributed by atoms with Gasteiger partial charge in [0.05, 0.1) is 4.92 Å². The summed E-state index contributed by atoms with van der Waals surface area (Å²) >= 11 is 1.49. The van der Waals surface area contributed by atoms with Gasteiger partial charge in [0.25, 0.3) is 0 Å². The van der Waals surface area contributed by atoms with Crippen LogP contribution in [0.5, 0.6) is 0 Å². The average molecular weight is 296 g/mol. The van der Waals surface area contributed by atoms with Crippen LogP contribution in [0.4, 0.5) is 11.5 Å². The fourth-order valence-electron chi connectivity index (χ4n) is 1.99. The second kappa shape index (κ2) is 5.22. The third-order valence-corrected chi connectivity index (χ3v) is 3.80. The van der Waals surface area contributed by atoms with Gasteiger partial charge in [-0.05, 0) is 36.2 Å². The molecule has 0 fully saturated rings. The van der Waals surface area contributed by atoms with Crippen molar-refractivity contribution < 1.29 is 10.0 Å². The molecule has 1 atom stereocenters. The van der Waals surface area contributed by atoms with E-state index in [1.165, 1.54) is 16.0 Å². The molecule has 8 heteroatoms. The summed E-state index contributed by atoms with van der Waals surface area (Å²) in [5, 5.41) is 32.1. The summed E-state index contributed by atoms with van der Waals surface area (Å²) in [4.78, 5) is 10.6. The molecule has 2 aromatic rings. The van der Waals surface area contributed by atoms with Crippen LogP contribution in [-0.4, -0.2) is 26.4 Å². The van der Waals surface area contributed by atoms with E-state index in [0.717, 1.165) is 5.56 Å². The van der Waals surface area contributed by atoms with Crippen molar-refractivity contribution in [3.8, 4) is 0 Å². The van der Waals surface area contributed by atoms with Gasteiger partial charge in [0.1, 0.15) is 11.3 Å². The van der Waals surface area contributed by atoms with Gasteiger partial charge >= 0.3 is 5.69 Å². The lowest BCUT2D eigenvalue weighted by molar-refractivity contribution is -0.384. The lowest BCUT2D eigenvalue weighted by Gasteiger charge is -2.23. The van der Waals surface area contributed by atoms with Gasteiger partial charge in [-0.2, -0.15) is 16.4 Å². The van der Waals surface area contributed by atoms with Crippen molar-refractivity contribution in [1.82, 2.24) is 9.78 Å². The minimum absolute atomic E-state index is 0.0615. The molecule has 2 heterocycles. The van der Waals surface area contributed by atoms with Crippen molar-refractivity contribution >= 4 is 22.8 Å². The summed E-state index contributed by atoms with van der Waals surface area (Å²) in [6, 6.07) is 1.83. The Hall–Kier alpha value is -1.93. The Kier molecular flexibility index (Phi) is 3.78. The maximum atomic E-state index is 11.1. The molecule has 0 spiro atoms. The molecule has 7 nitrogen and oxygen atoms in total. The first-order chi connectivity index (χ1) is 9.33. The van der Waals surface area contributed by atoms with Crippen LogP contribution in [0.2, 0.25) is 0 Å².